The Morgan fingerprint density at radius 3 is 1.76 bits per heavy atom. The lowest BCUT2D eigenvalue weighted by Crippen LogP contribution is -2.59. The molecule has 0 aromatic carbocycles. The molecule has 2 unspecified atom stereocenters. The van der Waals surface area contributed by atoms with Crippen LogP contribution >= 0.6 is 0 Å². The zero-order valence-corrected chi connectivity index (χ0v) is 12.1. The van der Waals surface area contributed by atoms with Crippen molar-refractivity contribution in [3.63, 3.8) is 0 Å². The van der Waals surface area contributed by atoms with Crippen LogP contribution in [0.25, 0.3) is 0 Å². The highest BCUT2D eigenvalue weighted by atomic mass is 16.4. The summed E-state index contributed by atoms with van der Waals surface area (Å²) in [5.41, 5.74) is 15.9. The van der Waals surface area contributed by atoms with Gasteiger partial charge in [-0.1, -0.05) is 13.8 Å². The molecule has 120 valence electrons. The lowest BCUT2D eigenvalue weighted by molar-refractivity contribution is -0.161. The topological polar surface area (TPSA) is 170 Å². The van der Waals surface area contributed by atoms with E-state index >= 15 is 0 Å². The lowest BCUT2D eigenvalue weighted by atomic mass is 9.96. The van der Waals surface area contributed by atoms with E-state index in [1.165, 1.54) is 0 Å². The maximum absolute atomic E-state index is 12.2. The summed E-state index contributed by atoms with van der Waals surface area (Å²) in [5, 5.41) is 9.18. The molecule has 0 aliphatic rings. The van der Waals surface area contributed by atoms with E-state index in [-0.39, 0.29) is 17.2 Å². The first-order chi connectivity index (χ1) is 9.67. The van der Waals surface area contributed by atoms with Gasteiger partial charge in [0.2, 0.25) is 11.8 Å². The fourth-order valence-electron chi connectivity index (χ4n) is 1.81. The summed E-state index contributed by atoms with van der Waals surface area (Å²) in [6, 6.07) is -3.12. The molecule has 0 spiro atoms. The Bertz CT molecular complexity index is 408. The summed E-state index contributed by atoms with van der Waals surface area (Å²) in [6.07, 6.45) is 0.226. The first kappa shape index (κ1) is 19.2. The van der Waals surface area contributed by atoms with Gasteiger partial charge in [0.1, 0.15) is 0 Å². The molecule has 0 aromatic heterocycles. The highest BCUT2D eigenvalue weighted by Crippen LogP contribution is 2.10. The van der Waals surface area contributed by atoms with Gasteiger partial charge >= 0.3 is 5.97 Å². The number of hydrogen-bond donors (Lipinski definition) is 4. The second-order valence-electron chi connectivity index (χ2n) is 4.94. The van der Waals surface area contributed by atoms with Crippen LogP contribution in [0, 0.1) is 5.92 Å². The first-order valence-corrected chi connectivity index (χ1v) is 6.44. The summed E-state index contributed by atoms with van der Waals surface area (Å²) < 4.78 is 0. The van der Waals surface area contributed by atoms with Crippen molar-refractivity contribution < 1.29 is 24.3 Å². The van der Waals surface area contributed by atoms with Gasteiger partial charge in [-0.2, -0.15) is 0 Å². The number of carbonyl (C=O) groups is 4. The fourth-order valence-corrected chi connectivity index (χ4v) is 1.81. The molecule has 0 aromatic rings. The SMILES string of the molecule is CC(C)CC(N)C(=O)C(C(=O)O)N(C(=O)CN)C(=O)CN. The molecule has 9 heteroatoms. The molecule has 0 heterocycles. The Hall–Kier alpha value is -1.84. The Morgan fingerprint density at radius 2 is 1.48 bits per heavy atom. The average molecular weight is 302 g/mol. The Balaban J connectivity index is 5.51. The molecule has 0 fully saturated rings. The minimum absolute atomic E-state index is 0.0438. The van der Waals surface area contributed by atoms with Crippen molar-refractivity contribution in [2.45, 2.75) is 32.4 Å². The van der Waals surface area contributed by atoms with Gasteiger partial charge < -0.3 is 22.3 Å². The van der Waals surface area contributed by atoms with E-state index in [9.17, 15) is 24.3 Å². The molecule has 2 atom stereocenters. The molecule has 0 saturated heterocycles. The molecular weight excluding hydrogens is 280 g/mol. The van der Waals surface area contributed by atoms with E-state index in [4.69, 9.17) is 17.2 Å². The second kappa shape index (κ2) is 8.45. The van der Waals surface area contributed by atoms with Crippen LogP contribution in [0.1, 0.15) is 20.3 Å². The van der Waals surface area contributed by atoms with Crippen molar-refractivity contribution in [3.8, 4) is 0 Å². The number of carbonyl (C=O) groups excluding carboxylic acids is 3. The van der Waals surface area contributed by atoms with Crippen LogP contribution in [-0.2, 0) is 19.2 Å². The number of nitrogens with two attached hydrogens (primary N) is 3. The van der Waals surface area contributed by atoms with E-state index in [2.05, 4.69) is 0 Å². The predicted octanol–water partition coefficient (Wildman–Crippen LogP) is -2.35. The third-order valence-electron chi connectivity index (χ3n) is 2.74. The fraction of sp³-hybridized carbons (Fsp3) is 0.667. The number of Topliss-reactive ketones (excluding diaryl/α,β-unsaturated/α-hetero) is 1. The average Bonchev–Trinajstić information content (AvgIpc) is 2.40. The minimum atomic E-state index is -2.01. The molecule has 0 aliphatic heterocycles. The third-order valence-corrected chi connectivity index (χ3v) is 2.74. The van der Waals surface area contributed by atoms with Crippen LogP contribution in [0.15, 0.2) is 0 Å². The molecule has 9 nitrogen and oxygen atoms in total. The van der Waals surface area contributed by atoms with Crippen molar-refractivity contribution in [1.29, 1.82) is 0 Å². The monoisotopic (exact) mass is 302 g/mol. The van der Waals surface area contributed by atoms with Crippen LogP contribution < -0.4 is 17.2 Å². The summed E-state index contributed by atoms with van der Waals surface area (Å²) in [5.74, 6) is -4.53. The number of amides is 2. The highest BCUT2D eigenvalue weighted by molar-refractivity contribution is 6.12. The van der Waals surface area contributed by atoms with Crippen LogP contribution in [0.4, 0.5) is 0 Å². The van der Waals surface area contributed by atoms with Gasteiger partial charge in [0.25, 0.3) is 0 Å². The van der Waals surface area contributed by atoms with Gasteiger partial charge in [-0.15, -0.1) is 0 Å². The number of carboxylic acids is 1. The molecule has 7 N–H and O–H groups in total. The van der Waals surface area contributed by atoms with E-state index < -0.39 is 48.7 Å². The van der Waals surface area contributed by atoms with Gasteiger partial charge in [-0.3, -0.25) is 19.3 Å². The Kier molecular flexibility index (Phi) is 7.71. The number of hydrogen-bond acceptors (Lipinski definition) is 7. The lowest BCUT2D eigenvalue weighted by Gasteiger charge is -2.27. The van der Waals surface area contributed by atoms with Crippen LogP contribution in [0.5, 0.6) is 0 Å². The summed E-state index contributed by atoms with van der Waals surface area (Å²) in [6.45, 7) is 2.36. The van der Waals surface area contributed by atoms with Crippen molar-refractivity contribution >= 4 is 23.6 Å². The summed E-state index contributed by atoms with van der Waals surface area (Å²) in [7, 11) is 0. The van der Waals surface area contributed by atoms with E-state index in [0.717, 1.165) is 0 Å². The molecular formula is C12H22N4O5. The normalized spacial score (nSPS) is 13.6. The standard InChI is InChI=1S/C12H22N4O5/c1-6(2)3-7(15)11(19)10(12(20)21)16(8(17)4-13)9(18)5-14/h6-7,10H,3-5,13-15H2,1-2H3,(H,20,21). The molecule has 2 amide bonds. The number of ketones is 1. The van der Waals surface area contributed by atoms with Crippen molar-refractivity contribution in [3.05, 3.63) is 0 Å². The molecule has 0 aliphatic carbocycles. The predicted molar refractivity (Wildman–Crippen MR) is 73.8 cm³/mol. The summed E-state index contributed by atoms with van der Waals surface area (Å²) >= 11 is 0. The maximum Gasteiger partial charge on any atom is 0.334 e. The molecule has 21 heavy (non-hydrogen) atoms. The van der Waals surface area contributed by atoms with Crippen LogP contribution in [-0.4, -0.2) is 58.7 Å². The Labute approximate surface area is 122 Å². The second-order valence-corrected chi connectivity index (χ2v) is 4.94. The van der Waals surface area contributed by atoms with Crippen LogP contribution in [0.3, 0.4) is 0 Å². The zero-order valence-electron chi connectivity index (χ0n) is 12.1. The molecule has 0 bridgehead atoms. The largest absolute Gasteiger partial charge is 0.479 e. The quantitative estimate of drug-likeness (QED) is 0.361. The minimum Gasteiger partial charge on any atom is -0.479 e. The highest BCUT2D eigenvalue weighted by Gasteiger charge is 2.41. The molecule has 0 saturated carbocycles. The zero-order chi connectivity index (χ0) is 16.7. The van der Waals surface area contributed by atoms with E-state index in [1.807, 2.05) is 0 Å². The van der Waals surface area contributed by atoms with Crippen LogP contribution in [0.2, 0.25) is 0 Å². The van der Waals surface area contributed by atoms with Crippen molar-refractivity contribution in [2.24, 2.45) is 23.1 Å². The maximum atomic E-state index is 12.2. The van der Waals surface area contributed by atoms with Gasteiger partial charge in [0.15, 0.2) is 11.8 Å². The number of aliphatic carboxylic acids is 1. The van der Waals surface area contributed by atoms with E-state index in [1.54, 1.807) is 13.8 Å². The van der Waals surface area contributed by atoms with Gasteiger partial charge in [0, 0.05) is 0 Å². The van der Waals surface area contributed by atoms with Gasteiger partial charge in [0.05, 0.1) is 19.1 Å². The first-order valence-electron chi connectivity index (χ1n) is 6.44. The number of imide groups is 1. The third kappa shape index (κ3) is 5.21. The molecule has 0 rings (SSSR count). The van der Waals surface area contributed by atoms with E-state index in [0.29, 0.717) is 0 Å². The van der Waals surface area contributed by atoms with Gasteiger partial charge in [-0.05, 0) is 12.3 Å². The van der Waals surface area contributed by atoms with Crippen molar-refractivity contribution in [2.75, 3.05) is 13.1 Å². The molecule has 0 radical (unpaired) electrons. The smallest absolute Gasteiger partial charge is 0.334 e. The number of carboxylic acid groups (broad SMARTS) is 1. The number of nitrogens with zero attached hydrogens (tertiary/aromatic N) is 1. The summed E-state index contributed by atoms with van der Waals surface area (Å²) in [4.78, 5) is 47.1. The Morgan fingerprint density at radius 1 is 1.05 bits per heavy atom. The van der Waals surface area contributed by atoms with Gasteiger partial charge in [-0.25, -0.2) is 4.79 Å². The number of rotatable bonds is 8. The van der Waals surface area contributed by atoms with Crippen molar-refractivity contribution in [1.82, 2.24) is 4.90 Å².